The van der Waals surface area contributed by atoms with E-state index in [0.717, 1.165) is 49.8 Å². The first kappa shape index (κ1) is 16.8. The monoisotopic (exact) mass is 346 g/mol. The first-order valence-electron chi connectivity index (χ1n) is 8.19. The summed E-state index contributed by atoms with van der Waals surface area (Å²) >= 11 is 1.43. The van der Waals surface area contributed by atoms with Gasteiger partial charge in [-0.1, -0.05) is 18.3 Å². The molecule has 1 aliphatic heterocycles. The zero-order valence-electron chi connectivity index (χ0n) is 14.0. The first-order valence-corrected chi connectivity index (χ1v) is 9.00. The van der Waals surface area contributed by atoms with Crippen LogP contribution < -0.4 is 10.2 Å². The van der Waals surface area contributed by atoms with Crippen LogP contribution in [0.2, 0.25) is 0 Å². The summed E-state index contributed by atoms with van der Waals surface area (Å²) < 4.78 is 0. The molecule has 1 fully saturated rings. The summed E-state index contributed by atoms with van der Waals surface area (Å²) in [6.45, 7) is 5.94. The Morgan fingerprint density at radius 1 is 1.29 bits per heavy atom. The van der Waals surface area contributed by atoms with Crippen molar-refractivity contribution in [3.63, 3.8) is 0 Å². The first-order chi connectivity index (χ1) is 11.7. The van der Waals surface area contributed by atoms with Crippen LogP contribution in [0.4, 0.5) is 10.9 Å². The maximum atomic E-state index is 12.4. The van der Waals surface area contributed by atoms with Gasteiger partial charge in [0, 0.05) is 44.4 Å². The highest BCUT2D eigenvalue weighted by atomic mass is 32.1. The van der Waals surface area contributed by atoms with Crippen molar-refractivity contribution in [1.82, 2.24) is 20.1 Å². The van der Waals surface area contributed by atoms with E-state index >= 15 is 0 Å². The molecule has 8 heteroatoms. The lowest BCUT2D eigenvalue weighted by atomic mass is 10.2. The van der Waals surface area contributed by atoms with E-state index < -0.39 is 0 Å². The van der Waals surface area contributed by atoms with Gasteiger partial charge in [-0.05, 0) is 25.6 Å². The lowest BCUT2D eigenvalue weighted by Crippen LogP contribution is -2.44. The lowest BCUT2D eigenvalue weighted by Gasteiger charge is -2.33. The molecule has 7 nitrogen and oxygen atoms in total. The van der Waals surface area contributed by atoms with Gasteiger partial charge in [0.15, 0.2) is 0 Å². The van der Waals surface area contributed by atoms with Gasteiger partial charge in [0.25, 0.3) is 5.91 Å². The van der Waals surface area contributed by atoms with E-state index in [9.17, 15) is 4.79 Å². The van der Waals surface area contributed by atoms with Gasteiger partial charge in [-0.3, -0.25) is 10.1 Å². The molecule has 1 N–H and O–H groups in total. The number of piperazine rings is 1. The van der Waals surface area contributed by atoms with Crippen molar-refractivity contribution in [2.75, 3.05) is 43.4 Å². The molecule has 1 aliphatic rings. The van der Waals surface area contributed by atoms with Crippen LogP contribution in [-0.2, 0) is 6.42 Å². The molecular weight excluding hydrogens is 324 g/mol. The molecule has 2 aromatic heterocycles. The van der Waals surface area contributed by atoms with Gasteiger partial charge in [0.1, 0.15) is 10.8 Å². The molecule has 0 atom stereocenters. The average Bonchev–Trinajstić information content (AvgIpc) is 3.03. The minimum atomic E-state index is -0.174. The van der Waals surface area contributed by atoms with Crippen molar-refractivity contribution in [1.29, 1.82) is 0 Å². The molecular formula is C16H22N6OS. The Morgan fingerprint density at radius 2 is 2.08 bits per heavy atom. The molecule has 0 aliphatic carbocycles. The van der Waals surface area contributed by atoms with E-state index in [0.29, 0.717) is 10.7 Å². The number of likely N-dealkylation sites (N-methyl/N-ethyl adjacent to an activating group) is 1. The second-order valence-electron chi connectivity index (χ2n) is 5.90. The van der Waals surface area contributed by atoms with Crippen molar-refractivity contribution in [2.45, 2.75) is 19.8 Å². The summed E-state index contributed by atoms with van der Waals surface area (Å²) in [5.74, 6) is 0.673. The molecule has 1 saturated heterocycles. The Hall–Kier alpha value is -2.06. The summed E-state index contributed by atoms with van der Waals surface area (Å²) in [5, 5.41) is 12.4. The van der Waals surface area contributed by atoms with Crippen LogP contribution in [0.3, 0.4) is 0 Å². The predicted octanol–water partition coefficient (Wildman–Crippen LogP) is 1.89. The van der Waals surface area contributed by atoms with E-state index in [-0.39, 0.29) is 5.91 Å². The lowest BCUT2D eigenvalue weighted by molar-refractivity contribution is 0.102. The molecule has 0 saturated carbocycles. The fourth-order valence-electron chi connectivity index (χ4n) is 2.56. The highest BCUT2D eigenvalue weighted by molar-refractivity contribution is 7.15. The molecule has 0 bridgehead atoms. The Bertz CT molecular complexity index is 695. The third-order valence-corrected chi connectivity index (χ3v) is 4.88. The van der Waals surface area contributed by atoms with Gasteiger partial charge in [0.2, 0.25) is 5.13 Å². The fourth-order valence-corrected chi connectivity index (χ4v) is 3.39. The average molecular weight is 346 g/mol. The predicted molar refractivity (Wildman–Crippen MR) is 95.8 cm³/mol. The SMILES string of the molecule is CCCc1nnc(NC(=O)c2ccnc(N3CCN(C)CC3)c2)s1. The molecule has 24 heavy (non-hydrogen) atoms. The van der Waals surface area contributed by atoms with E-state index in [1.807, 2.05) is 6.07 Å². The molecule has 1 amide bonds. The summed E-state index contributed by atoms with van der Waals surface area (Å²) in [4.78, 5) is 21.3. The minimum Gasteiger partial charge on any atom is -0.354 e. The van der Waals surface area contributed by atoms with Crippen LogP contribution in [0.1, 0.15) is 28.7 Å². The molecule has 128 valence electrons. The van der Waals surface area contributed by atoms with Gasteiger partial charge in [-0.15, -0.1) is 10.2 Å². The van der Waals surface area contributed by atoms with Crippen LogP contribution in [0.5, 0.6) is 0 Å². The number of nitrogens with one attached hydrogen (secondary N) is 1. The number of aryl methyl sites for hydroxylation is 1. The molecule has 2 aromatic rings. The number of carbonyl (C=O) groups excluding carboxylic acids is 1. The summed E-state index contributed by atoms with van der Waals surface area (Å²) in [6.07, 6.45) is 3.59. The maximum absolute atomic E-state index is 12.4. The van der Waals surface area contributed by atoms with E-state index in [1.165, 1.54) is 11.3 Å². The number of anilines is 2. The number of hydrogen-bond acceptors (Lipinski definition) is 7. The largest absolute Gasteiger partial charge is 0.354 e. The van der Waals surface area contributed by atoms with Gasteiger partial charge < -0.3 is 9.80 Å². The number of pyridine rings is 1. The second-order valence-corrected chi connectivity index (χ2v) is 6.96. The summed E-state index contributed by atoms with van der Waals surface area (Å²) in [5.41, 5.74) is 0.589. The topological polar surface area (TPSA) is 74.2 Å². The van der Waals surface area contributed by atoms with Crippen molar-refractivity contribution in [2.24, 2.45) is 0 Å². The number of hydrogen-bond donors (Lipinski definition) is 1. The van der Waals surface area contributed by atoms with E-state index in [2.05, 4.69) is 44.3 Å². The Balaban J connectivity index is 1.67. The quantitative estimate of drug-likeness (QED) is 0.891. The second kappa shape index (κ2) is 7.67. The third-order valence-electron chi connectivity index (χ3n) is 3.99. The highest BCUT2D eigenvalue weighted by Gasteiger charge is 2.17. The van der Waals surface area contributed by atoms with Crippen LogP contribution in [0.25, 0.3) is 0 Å². The zero-order valence-corrected chi connectivity index (χ0v) is 14.8. The normalized spacial score (nSPS) is 15.5. The fraction of sp³-hybridized carbons (Fsp3) is 0.500. The molecule has 0 aromatic carbocycles. The van der Waals surface area contributed by atoms with Crippen LogP contribution in [-0.4, -0.2) is 59.2 Å². The number of carbonyl (C=O) groups is 1. The Morgan fingerprint density at radius 3 is 2.83 bits per heavy atom. The van der Waals surface area contributed by atoms with Crippen LogP contribution in [0, 0.1) is 0 Å². The minimum absolute atomic E-state index is 0.174. The number of rotatable bonds is 5. The third kappa shape index (κ3) is 4.07. The number of aromatic nitrogens is 3. The Labute approximate surface area is 145 Å². The van der Waals surface area contributed by atoms with E-state index in [4.69, 9.17) is 0 Å². The molecule has 3 rings (SSSR count). The van der Waals surface area contributed by atoms with E-state index in [1.54, 1.807) is 12.3 Å². The molecule has 3 heterocycles. The number of amides is 1. The molecule has 0 radical (unpaired) electrons. The Kier molecular flexibility index (Phi) is 5.37. The standard InChI is InChI=1S/C16H22N6OS/c1-3-4-14-19-20-16(24-14)18-15(23)12-5-6-17-13(11-12)22-9-7-21(2)8-10-22/h5-6,11H,3-4,7-10H2,1-2H3,(H,18,20,23). The molecule has 0 unspecified atom stereocenters. The maximum Gasteiger partial charge on any atom is 0.257 e. The van der Waals surface area contributed by atoms with Crippen molar-refractivity contribution in [3.8, 4) is 0 Å². The summed E-state index contributed by atoms with van der Waals surface area (Å²) in [7, 11) is 2.11. The van der Waals surface area contributed by atoms with Crippen LogP contribution in [0.15, 0.2) is 18.3 Å². The molecule has 0 spiro atoms. The van der Waals surface area contributed by atoms with Crippen LogP contribution >= 0.6 is 11.3 Å². The van der Waals surface area contributed by atoms with Crippen molar-refractivity contribution in [3.05, 3.63) is 28.9 Å². The van der Waals surface area contributed by atoms with Crippen molar-refractivity contribution < 1.29 is 4.79 Å². The van der Waals surface area contributed by atoms with Gasteiger partial charge >= 0.3 is 0 Å². The smallest absolute Gasteiger partial charge is 0.257 e. The van der Waals surface area contributed by atoms with Gasteiger partial charge in [0.05, 0.1) is 0 Å². The number of nitrogens with zero attached hydrogens (tertiary/aromatic N) is 5. The van der Waals surface area contributed by atoms with Gasteiger partial charge in [-0.2, -0.15) is 0 Å². The van der Waals surface area contributed by atoms with Gasteiger partial charge in [-0.25, -0.2) is 4.98 Å². The summed E-state index contributed by atoms with van der Waals surface area (Å²) in [6, 6.07) is 3.57. The zero-order chi connectivity index (χ0) is 16.9. The highest BCUT2D eigenvalue weighted by Crippen LogP contribution is 2.19. The van der Waals surface area contributed by atoms with Crippen molar-refractivity contribution >= 4 is 28.2 Å².